The molecule has 0 atom stereocenters. The lowest BCUT2D eigenvalue weighted by molar-refractivity contribution is -0.131. The number of sulfonamides is 1. The number of hydrogen-bond acceptors (Lipinski definition) is 4. The van der Waals surface area contributed by atoms with E-state index in [2.05, 4.69) is 5.32 Å². The second kappa shape index (κ2) is 9.94. The largest absolute Gasteiger partial charge is 0.478 e. The molecule has 7 nitrogen and oxygen atoms in total. The number of nitrogens with zero attached hydrogens (tertiary/aromatic N) is 1. The Balaban J connectivity index is 1.83. The van der Waals surface area contributed by atoms with E-state index in [0.29, 0.717) is 17.7 Å². The Labute approximate surface area is 168 Å². The van der Waals surface area contributed by atoms with Crippen molar-refractivity contribution >= 4 is 33.7 Å². The number of aliphatic carboxylic acids is 1. The van der Waals surface area contributed by atoms with Gasteiger partial charge in [-0.2, -0.15) is 0 Å². The summed E-state index contributed by atoms with van der Waals surface area (Å²) < 4.78 is 38.9. The third-order valence-electron chi connectivity index (χ3n) is 4.01. The van der Waals surface area contributed by atoms with Crippen LogP contribution >= 0.6 is 0 Å². The van der Waals surface area contributed by atoms with E-state index in [1.807, 2.05) is 0 Å². The normalized spacial score (nSPS) is 11.7. The summed E-state index contributed by atoms with van der Waals surface area (Å²) in [4.78, 5) is 22.5. The van der Waals surface area contributed by atoms with E-state index in [-0.39, 0.29) is 23.8 Å². The van der Waals surface area contributed by atoms with Crippen molar-refractivity contribution in [3.8, 4) is 0 Å². The quantitative estimate of drug-likeness (QED) is 0.607. The predicted octanol–water partition coefficient (Wildman–Crippen LogP) is 2.96. The van der Waals surface area contributed by atoms with Gasteiger partial charge in [0.15, 0.2) is 0 Å². The molecule has 0 bridgehead atoms. The van der Waals surface area contributed by atoms with E-state index in [0.717, 1.165) is 22.5 Å². The van der Waals surface area contributed by atoms with Gasteiger partial charge in [0, 0.05) is 31.8 Å². The molecule has 29 heavy (non-hydrogen) atoms. The number of carbonyl (C=O) groups excluding carboxylic acids is 1. The van der Waals surface area contributed by atoms with E-state index in [9.17, 15) is 22.4 Å². The SMILES string of the molecule is CN(CCCC(=O)Nc1ccc(C=CC(=O)O)cc1)S(=O)(=O)c1ccc(F)cc1. The highest BCUT2D eigenvalue weighted by atomic mass is 32.2. The number of carbonyl (C=O) groups is 2. The average molecular weight is 420 g/mol. The number of benzene rings is 2. The van der Waals surface area contributed by atoms with Crippen LogP contribution in [0.2, 0.25) is 0 Å². The highest BCUT2D eigenvalue weighted by Crippen LogP contribution is 2.16. The molecule has 1 amide bonds. The zero-order valence-electron chi connectivity index (χ0n) is 15.7. The minimum absolute atomic E-state index is 0.0112. The fourth-order valence-corrected chi connectivity index (χ4v) is 3.65. The van der Waals surface area contributed by atoms with Gasteiger partial charge in [0.25, 0.3) is 0 Å². The van der Waals surface area contributed by atoms with Gasteiger partial charge in [0.05, 0.1) is 4.90 Å². The second-order valence-electron chi connectivity index (χ2n) is 6.23. The molecule has 0 aliphatic carbocycles. The van der Waals surface area contributed by atoms with Gasteiger partial charge in [0.1, 0.15) is 5.82 Å². The summed E-state index contributed by atoms with van der Waals surface area (Å²) in [6, 6.07) is 11.2. The van der Waals surface area contributed by atoms with Crippen molar-refractivity contribution < 1.29 is 27.5 Å². The smallest absolute Gasteiger partial charge is 0.328 e. The molecule has 2 aromatic carbocycles. The number of halogens is 1. The topological polar surface area (TPSA) is 104 Å². The van der Waals surface area contributed by atoms with Crippen LogP contribution in [0, 0.1) is 5.82 Å². The third kappa shape index (κ3) is 6.81. The fourth-order valence-electron chi connectivity index (χ4n) is 2.44. The van der Waals surface area contributed by atoms with Crippen LogP contribution in [0.3, 0.4) is 0 Å². The summed E-state index contributed by atoms with van der Waals surface area (Å²) in [7, 11) is -2.34. The second-order valence-corrected chi connectivity index (χ2v) is 8.27. The van der Waals surface area contributed by atoms with E-state index < -0.39 is 21.8 Å². The van der Waals surface area contributed by atoms with Gasteiger partial charge in [-0.3, -0.25) is 4.79 Å². The lowest BCUT2D eigenvalue weighted by atomic mass is 10.2. The Morgan fingerprint density at radius 2 is 1.72 bits per heavy atom. The Kier molecular flexibility index (Phi) is 7.63. The van der Waals surface area contributed by atoms with E-state index in [4.69, 9.17) is 5.11 Å². The molecule has 154 valence electrons. The van der Waals surface area contributed by atoms with Gasteiger partial charge < -0.3 is 10.4 Å². The maximum Gasteiger partial charge on any atom is 0.328 e. The van der Waals surface area contributed by atoms with Crippen LogP contribution in [0.25, 0.3) is 6.08 Å². The zero-order chi connectivity index (χ0) is 21.4. The summed E-state index contributed by atoms with van der Waals surface area (Å²) in [5, 5.41) is 11.3. The Morgan fingerprint density at radius 3 is 2.31 bits per heavy atom. The first kappa shape index (κ1) is 22.3. The van der Waals surface area contributed by atoms with Crippen molar-refractivity contribution in [1.29, 1.82) is 0 Å². The molecular formula is C20H21FN2O5S. The first-order valence-electron chi connectivity index (χ1n) is 8.71. The summed E-state index contributed by atoms with van der Waals surface area (Å²) in [6.45, 7) is 0.131. The molecule has 0 aliphatic heterocycles. The molecule has 0 spiro atoms. The summed E-state index contributed by atoms with van der Waals surface area (Å²) in [6.07, 6.45) is 2.88. The number of carboxylic acids is 1. The molecule has 9 heteroatoms. The monoisotopic (exact) mass is 420 g/mol. The molecule has 0 radical (unpaired) electrons. The van der Waals surface area contributed by atoms with Crippen LogP contribution in [0.5, 0.6) is 0 Å². The van der Waals surface area contributed by atoms with Gasteiger partial charge in [-0.25, -0.2) is 21.9 Å². The van der Waals surface area contributed by atoms with Crippen molar-refractivity contribution in [3.63, 3.8) is 0 Å². The highest BCUT2D eigenvalue weighted by molar-refractivity contribution is 7.89. The molecule has 0 aromatic heterocycles. The van der Waals surface area contributed by atoms with Crippen molar-refractivity contribution in [3.05, 3.63) is 66.0 Å². The maximum atomic E-state index is 13.0. The standard InChI is InChI=1S/C20H21FN2O5S/c1-23(29(27,28)18-11-7-16(21)8-12-18)14-2-3-19(24)22-17-9-4-15(5-10-17)6-13-20(25)26/h4-13H,2-3,14H2,1H3,(H,22,24)(H,25,26). The van der Waals surface area contributed by atoms with Crippen LogP contribution < -0.4 is 5.32 Å². The third-order valence-corrected chi connectivity index (χ3v) is 5.88. The Bertz CT molecular complexity index is 987. The van der Waals surface area contributed by atoms with Crippen molar-refractivity contribution in [2.75, 3.05) is 18.9 Å². The molecule has 2 rings (SSSR count). The lowest BCUT2D eigenvalue weighted by Gasteiger charge is -2.17. The van der Waals surface area contributed by atoms with Gasteiger partial charge in [-0.05, 0) is 54.5 Å². The number of rotatable bonds is 9. The lowest BCUT2D eigenvalue weighted by Crippen LogP contribution is -2.28. The van der Waals surface area contributed by atoms with Gasteiger partial charge in [0.2, 0.25) is 15.9 Å². The molecule has 0 saturated heterocycles. The van der Waals surface area contributed by atoms with E-state index in [1.54, 1.807) is 24.3 Å². The van der Waals surface area contributed by atoms with Gasteiger partial charge >= 0.3 is 5.97 Å². The Morgan fingerprint density at radius 1 is 1.10 bits per heavy atom. The fraction of sp³-hybridized carbons (Fsp3) is 0.200. The molecule has 2 N–H and O–H groups in total. The maximum absolute atomic E-state index is 13.0. The highest BCUT2D eigenvalue weighted by Gasteiger charge is 2.20. The number of hydrogen-bond donors (Lipinski definition) is 2. The minimum Gasteiger partial charge on any atom is -0.478 e. The van der Waals surface area contributed by atoms with Crippen LogP contribution in [0.1, 0.15) is 18.4 Å². The zero-order valence-corrected chi connectivity index (χ0v) is 16.5. The molecule has 0 saturated carbocycles. The van der Waals surface area contributed by atoms with E-state index in [1.165, 1.54) is 25.3 Å². The molecular weight excluding hydrogens is 399 g/mol. The molecule has 0 heterocycles. The van der Waals surface area contributed by atoms with E-state index >= 15 is 0 Å². The van der Waals surface area contributed by atoms with Crippen molar-refractivity contribution in [2.24, 2.45) is 0 Å². The van der Waals surface area contributed by atoms with Crippen molar-refractivity contribution in [1.82, 2.24) is 4.31 Å². The van der Waals surface area contributed by atoms with Crippen LogP contribution in [0.4, 0.5) is 10.1 Å². The number of nitrogens with one attached hydrogen (secondary N) is 1. The summed E-state index contributed by atoms with van der Waals surface area (Å²) in [5.41, 5.74) is 1.23. The van der Waals surface area contributed by atoms with Gasteiger partial charge in [-0.1, -0.05) is 12.1 Å². The first-order chi connectivity index (χ1) is 13.7. The number of anilines is 1. The van der Waals surface area contributed by atoms with Gasteiger partial charge in [-0.15, -0.1) is 0 Å². The molecule has 0 fully saturated rings. The number of amides is 1. The number of carboxylic acid groups (broad SMARTS) is 1. The molecule has 0 aliphatic rings. The summed E-state index contributed by atoms with van der Waals surface area (Å²) >= 11 is 0. The Hall–Kier alpha value is -3.04. The average Bonchev–Trinajstić information content (AvgIpc) is 2.67. The molecule has 0 unspecified atom stereocenters. The predicted molar refractivity (Wildman–Crippen MR) is 107 cm³/mol. The first-order valence-corrected chi connectivity index (χ1v) is 10.2. The van der Waals surface area contributed by atoms with Crippen molar-refractivity contribution in [2.45, 2.75) is 17.7 Å². The van der Waals surface area contributed by atoms with Crippen LogP contribution in [-0.4, -0.2) is 43.3 Å². The van der Waals surface area contributed by atoms with Crippen LogP contribution in [-0.2, 0) is 19.6 Å². The minimum atomic E-state index is -3.74. The van der Waals surface area contributed by atoms with Crippen LogP contribution in [0.15, 0.2) is 59.5 Å². The summed E-state index contributed by atoms with van der Waals surface area (Å²) in [5.74, 6) is -1.84. The molecule has 2 aromatic rings.